The molecule has 1 aromatic rings. The summed E-state index contributed by atoms with van der Waals surface area (Å²) in [6.45, 7) is 2.56. The van der Waals surface area contributed by atoms with Crippen molar-refractivity contribution < 1.29 is 9.13 Å². The summed E-state index contributed by atoms with van der Waals surface area (Å²) in [4.78, 5) is 3.58. The summed E-state index contributed by atoms with van der Waals surface area (Å²) >= 11 is 5.52. The highest BCUT2D eigenvalue weighted by Gasteiger charge is 2.01. The fraction of sp³-hybridized carbons (Fsp3) is 0.444. The molecule has 0 unspecified atom stereocenters. The smallest absolute Gasteiger partial charge is 0.216 e. The lowest BCUT2D eigenvalue weighted by molar-refractivity contribution is 0.314. The molecular weight excluding hydrogens is 193 g/mol. The quantitative estimate of drug-likeness (QED) is 0.555. The van der Waals surface area contributed by atoms with Crippen molar-refractivity contribution in [2.24, 2.45) is 0 Å². The lowest BCUT2D eigenvalue weighted by atomic mass is 10.3. The van der Waals surface area contributed by atoms with Gasteiger partial charge in [-0.15, -0.1) is 11.6 Å². The van der Waals surface area contributed by atoms with E-state index in [-0.39, 0.29) is 5.88 Å². The van der Waals surface area contributed by atoms with E-state index in [1.165, 1.54) is 6.07 Å². The molecule has 0 saturated heterocycles. The second-order valence-electron chi connectivity index (χ2n) is 2.60. The molecule has 0 spiro atoms. The zero-order chi connectivity index (χ0) is 9.68. The number of aromatic nitrogens is 1. The molecule has 13 heavy (non-hydrogen) atoms. The van der Waals surface area contributed by atoms with Crippen molar-refractivity contribution in [1.29, 1.82) is 0 Å². The number of rotatable bonds is 4. The molecule has 1 rings (SSSR count). The molecule has 1 heterocycles. The monoisotopic (exact) mass is 203 g/mol. The number of halogens is 2. The van der Waals surface area contributed by atoms with Gasteiger partial charge in [0.1, 0.15) is 5.75 Å². The summed E-state index contributed by atoms with van der Waals surface area (Å²) in [5, 5.41) is 0. The molecule has 72 valence electrons. The molecule has 0 aliphatic carbocycles. The van der Waals surface area contributed by atoms with Crippen molar-refractivity contribution in [3.05, 3.63) is 23.8 Å². The first-order chi connectivity index (χ1) is 6.26. The second kappa shape index (κ2) is 5.02. The molecule has 0 fully saturated rings. The van der Waals surface area contributed by atoms with E-state index in [1.807, 2.05) is 6.92 Å². The second-order valence-corrected chi connectivity index (χ2v) is 2.87. The van der Waals surface area contributed by atoms with Crippen molar-refractivity contribution in [2.75, 3.05) is 6.61 Å². The van der Waals surface area contributed by atoms with E-state index in [9.17, 15) is 4.39 Å². The largest absolute Gasteiger partial charge is 0.493 e. The highest BCUT2D eigenvalue weighted by Crippen LogP contribution is 2.14. The van der Waals surface area contributed by atoms with E-state index in [0.717, 1.165) is 6.42 Å². The van der Waals surface area contributed by atoms with Gasteiger partial charge in [0, 0.05) is 12.1 Å². The zero-order valence-corrected chi connectivity index (χ0v) is 8.14. The van der Waals surface area contributed by atoms with Gasteiger partial charge in [-0.05, 0) is 6.42 Å². The van der Waals surface area contributed by atoms with Gasteiger partial charge in [-0.3, -0.25) is 0 Å². The minimum absolute atomic E-state index is 0.195. The highest BCUT2D eigenvalue weighted by molar-refractivity contribution is 6.16. The first-order valence-corrected chi connectivity index (χ1v) is 4.65. The van der Waals surface area contributed by atoms with E-state index in [1.54, 1.807) is 6.07 Å². The lowest BCUT2D eigenvalue weighted by Gasteiger charge is -2.05. The summed E-state index contributed by atoms with van der Waals surface area (Å²) in [6.07, 6.45) is 0.889. The van der Waals surface area contributed by atoms with Crippen LogP contribution in [-0.2, 0) is 5.88 Å². The highest BCUT2D eigenvalue weighted by atomic mass is 35.5. The van der Waals surface area contributed by atoms with Gasteiger partial charge < -0.3 is 4.74 Å². The molecule has 0 bridgehead atoms. The van der Waals surface area contributed by atoms with Gasteiger partial charge >= 0.3 is 0 Å². The number of hydrogen-bond donors (Lipinski definition) is 0. The Kier molecular flexibility index (Phi) is 3.96. The van der Waals surface area contributed by atoms with Crippen LogP contribution in [0.1, 0.15) is 19.0 Å². The maximum Gasteiger partial charge on any atom is 0.216 e. The molecule has 0 saturated carbocycles. The molecule has 0 N–H and O–H groups in total. The van der Waals surface area contributed by atoms with Crippen LogP contribution in [0.25, 0.3) is 0 Å². The van der Waals surface area contributed by atoms with Crippen LogP contribution in [0, 0.1) is 5.95 Å². The van der Waals surface area contributed by atoms with Crippen LogP contribution in [0.3, 0.4) is 0 Å². The number of nitrogens with zero attached hydrogens (tertiary/aromatic N) is 1. The molecule has 0 amide bonds. The van der Waals surface area contributed by atoms with Crippen LogP contribution in [0.2, 0.25) is 0 Å². The van der Waals surface area contributed by atoms with Gasteiger partial charge in [0.15, 0.2) is 0 Å². The van der Waals surface area contributed by atoms with Crippen molar-refractivity contribution in [1.82, 2.24) is 4.98 Å². The minimum Gasteiger partial charge on any atom is -0.493 e. The van der Waals surface area contributed by atoms with E-state index < -0.39 is 5.95 Å². The van der Waals surface area contributed by atoms with Crippen LogP contribution in [-0.4, -0.2) is 11.6 Å². The standard InChI is InChI=1S/C9H11ClFNO/c1-2-3-13-8-4-7(6-10)12-9(11)5-8/h4-5H,2-3,6H2,1H3. The fourth-order valence-electron chi connectivity index (χ4n) is 0.897. The fourth-order valence-corrected chi connectivity index (χ4v) is 1.03. The maximum absolute atomic E-state index is 12.8. The summed E-state index contributed by atoms with van der Waals surface area (Å²) in [5.41, 5.74) is 0.493. The van der Waals surface area contributed by atoms with Gasteiger partial charge in [-0.2, -0.15) is 4.39 Å². The molecule has 2 nitrogen and oxygen atoms in total. The predicted molar refractivity (Wildman–Crippen MR) is 49.5 cm³/mol. The zero-order valence-electron chi connectivity index (χ0n) is 7.39. The molecule has 0 aliphatic rings. The van der Waals surface area contributed by atoms with E-state index in [4.69, 9.17) is 16.3 Å². The van der Waals surface area contributed by atoms with Gasteiger partial charge in [-0.1, -0.05) is 6.92 Å². The Morgan fingerprint density at radius 2 is 2.31 bits per heavy atom. The van der Waals surface area contributed by atoms with Crippen molar-refractivity contribution in [2.45, 2.75) is 19.2 Å². The third kappa shape index (κ3) is 3.19. The molecule has 0 aliphatic heterocycles. The third-order valence-electron chi connectivity index (χ3n) is 1.43. The Morgan fingerprint density at radius 3 is 2.92 bits per heavy atom. The summed E-state index contributed by atoms with van der Waals surface area (Å²) in [7, 11) is 0. The number of alkyl halides is 1. The number of pyridine rings is 1. The lowest BCUT2D eigenvalue weighted by Crippen LogP contribution is -1.98. The molecule has 4 heteroatoms. The Hall–Kier alpha value is -0.830. The maximum atomic E-state index is 12.8. The SMILES string of the molecule is CCCOc1cc(F)nc(CCl)c1. The van der Waals surface area contributed by atoms with Crippen LogP contribution >= 0.6 is 11.6 Å². The van der Waals surface area contributed by atoms with E-state index in [2.05, 4.69) is 4.98 Å². The van der Waals surface area contributed by atoms with Gasteiger partial charge in [0.05, 0.1) is 18.2 Å². The first-order valence-electron chi connectivity index (χ1n) is 4.11. The molecule has 0 radical (unpaired) electrons. The van der Waals surface area contributed by atoms with E-state index in [0.29, 0.717) is 18.1 Å². The minimum atomic E-state index is -0.552. The summed E-state index contributed by atoms with van der Waals surface area (Å²) < 4.78 is 18.0. The number of ether oxygens (including phenoxy) is 1. The summed E-state index contributed by atoms with van der Waals surface area (Å²) in [5.74, 6) is 0.134. The van der Waals surface area contributed by atoms with Gasteiger partial charge in [0.2, 0.25) is 5.95 Å². The Bertz CT molecular complexity index is 280. The third-order valence-corrected chi connectivity index (χ3v) is 1.70. The van der Waals surface area contributed by atoms with Crippen LogP contribution in [0.15, 0.2) is 12.1 Å². The van der Waals surface area contributed by atoms with Crippen LogP contribution in [0.4, 0.5) is 4.39 Å². The predicted octanol–water partition coefficient (Wildman–Crippen LogP) is 2.75. The van der Waals surface area contributed by atoms with Gasteiger partial charge in [0.25, 0.3) is 0 Å². The van der Waals surface area contributed by atoms with Crippen LogP contribution in [0.5, 0.6) is 5.75 Å². The van der Waals surface area contributed by atoms with Gasteiger partial charge in [-0.25, -0.2) is 4.98 Å². The van der Waals surface area contributed by atoms with Crippen molar-refractivity contribution in [3.63, 3.8) is 0 Å². The van der Waals surface area contributed by atoms with E-state index >= 15 is 0 Å². The molecule has 1 aromatic heterocycles. The van der Waals surface area contributed by atoms with Crippen molar-refractivity contribution in [3.8, 4) is 5.75 Å². The number of hydrogen-bond acceptors (Lipinski definition) is 2. The van der Waals surface area contributed by atoms with Crippen molar-refractivity contribution >= 4 is 11.6 Å². The van der Waals surface area contributed by atoms with Crippen LogP contribution < -0.4 is 4.74 Å². The Balaban J connectivity index is 2.76. The normalized spacial score (nSPS) is 10.1. The Labute approximate surface area is 81.7 Å². The topological polar surface area (TPSA) is 22.1 Å². The molecule has 0 aromatic carbocycles. The molecule has 0 atom stereocenters. The summed E-state index contributed by atoms with van der Waals surface area (Å²) in [6, 6.07) is 2.90. The average Bonchev–Trinajstić information content (AvgIpc) is 2.14. The average molecular weight is 204 g/mol. The Morgan fingerprint density at radius 1 is 1.54 bits per heavy atom. The molecular formula is C9H11ClFNO. The first kappa shape index (κ1) is 10.3.